The Bertz CT molecular complexity index is 428. The lowest BCUT2D eigenvalue weighted by Crippen LogP contribution is -2.11. The van der Waals surface area contributed by atoms with Gasteiger partial charge in [0.1, 0.15) is 5.56 Å². The quantitative estimate of drug-likeness (QED) is 0.328. The topological polar surface area (TPSA) is 108 Å². The number of carbonyl (C=O) groups is 1. The van der Waals surface area contributed by atoms with Gasteiger partial charge in [-0.25, -0.2) is 4.79 Å². The number of para-hydroxylation sites is 1. The van der Waals surface area contributed by atoms with Crippen molar-refractivity contribution in [2.24, 2.45) is 0 Å². The molecular formula is C11H13NO7. The highest BCUT2D eigenvalue weighted by molar-refractivity contribution is 5.92. The standard InChI is InChI=1S/C11H13NO7/c1-17-5-6-18-7-19-10-8(11(13)14)3-2-4-9(10)12(15)16/h2-4H,5-7H2,1H3,(H,13,14). The van der Waals surface area contributed by atoms with Crippen molar-refractivity contribution in [2.45, 2.75) is 0 Å². The van der Waals surface area contributed by atoms with Crippen molar-refractivity contribution in [1.29, 1.82) is 0 Å². The van der Waals surface area contributed by atoms with Gasteiger partial charge >= 0.3 is 11.7 Å². The lowest BCUT2D eigenvalue weighted by atomic mass is 10.2. The average molecular weight is 271 g/mol. The monoisotopic (exact) mass is 271 g/mol. The molecule has 0 bridgehead atoms. The molecule has 19 heavy (non-hydrogen) atoms. The summed E-state index contributed by atoms with van der Waals surface area (Å²) in [5.74, 6) is -1.63. The highest BCUT2D eigenvalue weighted by Gasteiger charge is 2.22. The van der Waals surface area contributed by atoms with E-state index in [0.717, 1.165) is 6.07 Å². The third-order valence-corrected chi connectivity index (χ3v) is 2.14. The van der Waals surface area contributed by atoms with Crippen LogP contribution in [0, 0.1) is 10.1 Å². The molecule has 0 atom stereocenters. The highest BCUT2D eigenvalue weighted by Crippen LogP contribution is 2.30. The summed E-state index contributed by atoms with van der Waals surface area (Å²) in [7, 11) is 1.49. The van der Waals surface area contributed by atoms with E-state index in [0.29, 0.717) is 6.61 Å². The molecule has 1 aromatic carbocycles. The zero-order chi connectivity index (χ0) is 14.3. The van der Waals surface area contributed by atoms with Crippen LogP contribution in [0.5, 0.6) is 5.75 Å². The molecule has 0 saturated carbocycles. The summed E-state index contributed by atoms with van der Waals surface area (Å²) in [6.45, 7) is 0.278. The molecule has 1 N–H and O–H groups in total. The minimum atomic E-state index is -1.31. The fraction of sp³-hybridized carbons (Fsp3) is 0.364. The number of ether oxygens (including phenoxy) is 3. The molecule has 8 nitrogen and oxygen atoms in total. The summed E-state index contributed by atoms with van der Waals surface area (Å²) >= 11 is 0. The van der Waals surface area contributed by atoms with Crippen molar-refractivity contribution in [3.05, 3.63) is 33.9 Å². The van der Waals surface area contributed by atoms with Crippen LogP contribution >= 0.6 is 0 Å². The van der Waals surface area contributed by atoms with Gasteiger partial charge in [0, 0.05) is 13.2 Å². The molecule has 0 aliphatic carbocycles. The molecule has 0 aromatic heterocycles. The molecule has 0 radical (unpaired) electrons. The Kier molecular flexibility index (Phi) is 5.71. The predicted octanol–water partition coefficient (Wildman–Crippen LogP) is 1.29. The first kappa shape index (κ1) is 14.9. The van der Waals surface area contributed by atoms with Gasteiger partial charge in [-0.15, -0.1) is 0 Å². The number of aromatic carboxylic acids is 1. The number of rotatable bonds is 8. The third-order valence-electron chi connectivity index (χ3n) is 2.14. The Labute approximate surface area is 108 Å². The fourth-order valence-corrected chi connectivity index (χ4v) is 1.29. The smallest absolute Gasteiger partial charge is 0.339 e. The summed E-state index contributed by atoms with van der Waals surface area (Å²) < 4.78 is 14.8. The van der Waals surface area contributed by atoms with Crippen LogP contribution in [0.25, 0.3) is 0 Å². The van der Waals surface area contributed by atoms with E-state index in [-0.39, 0.29) is 24.7 Å². The molecule has 0 aliphatic rings. The zero-order valence-electron chi connectivity index (χ0n) is 10.2. The van der Waals surface area contributed by atoms with E-state index in [9.17, 15) is 14.9 Å². The van der Waals surface area contributed by atoms with E-state index >= 15 is 0 Å². The predicted molar refractivity (Wildman–Crippen MR) is 63.4 cm³/mol. The van der Waals surface area contributed by atoms with Crippen molar-refractivity contribution in [1.82, 2.24) is 0 Å². The van der Waals surface area contributed by atoms with Crippen LogP contribution in [0.1, 0.15) is 10.4 Å². The van der Waals surface area contributed by atoms with Crippen LogP contribution in [0.4, 0.5) is 5.69 Å². The molecule has 1 aromatic rings. The van der Waals surface area contributed by atoms with E-state index < -0.39 is 16.6 Å². The number of nitrogens with zero attached hydrogens (tertiary/aromatic N) is 1. The maximum atomic E-state index is 11.0. The van der Waals surface area contributed by atoms with E-state index in [4.69, 9.17) is 19.3 Å². The summed E-state index contributed by atoms with van der Waals surface area (Å²) in [5.41, 5.74) is -0.709. The van der Waals surface area contributed by atoms with Crippen LogP contribution in [0.3, 0.4) is 0 Å². The lowest BCUT2D eigenvalue weighted by Gasteiger charge is -2.09. The van der Waals surface area contributed by atoms with Gasteiger partial charge in [0.05, 0.1) is 18.1 Å². The molecule has 0 unspecified atom stereocenters. The molecule has 0 amide bonds. The van der Waals surface area contributed by atoms with E-state index in [2.05, 4.69) is 0 Å². The molecule has 0 fully saturated rings. The molecule has 1 rings (SSSR count). The molecule has 0 aliphatic heterocycles. The van der Waals surface area contributed by atoms with Gasteiger partial charge in [0.2, 0.25) is 5.75 Å². The molecular weight excluding hydrogens is 258 g/mol. The maximum absolute atomic E-state index is 11.0. The van der Waals surface area contributed by atoms with Gasteiger partial charge in [-0.3, -0.25) is 10.1 Å². The summed E-state index contributed by atoms with van der Waals surface area (Å²) in [5, 5.41) is 19.8. The number of carboxylic acid groups (broad SMARTS) is 1. The van der Waals surface area contributed by atoms with Crippen LogP contribution in [0.15, 0.2) is 18.2 Å². The van der Waals surface area contributed by atoms with Crippen molar-refractivity contribution in [3.63, 3.8) is 0 Å². The Morgan fingerprint density at radius 3 is 2.74 bits per heavy atom. The highest BCUT2D eigenvalue weighted by atomic mass is 16.7. The zero-order valence-corrected chi connectivity index (χ0v) is 10.2. The number of methoxy groups -OCH3 is 1. The van der Waals surface area contributed by atoms with Crippen LogP contribution < -0.4 is 4.74 Å². The second-order valence-electron chi connectivity index (χ2n) is 3.38. The summed E-state index contributed by atoms with van der Waals surface area (Å²) in [6, 6.07) is 3.66. The van der Waals surface area contributed by atoms with Crippen LogP contribution in [-0.2, 0) is 9.47 Å². The van der Waals surface area contributed by atoms with Gasteiger partial charge < -0.3 is 19.3 Å². The van der Waals surface area contributed by atoms with Crippen molar-refractivity contribution >= 4 is 11.7 Å². The molecule has 0 spiro atoms. The van der Waals surface area contributed by atoms with Crippen molar-refractivity contribution < 1.29 is 29.0 Å². The van der Waals surface area contributed by atoms with Gasteiger partial charge in [0.15, 0.2) is 6.79 Å². The number of benzene rings is 1. The van der Waals surface area contributed by atoms with Crippen LogP contribution in [-0.4, -0.2) is 43.1 Å². The van der Waals surface area contributed by atoms with E-state index in [1.54, 1.807) is 0 Å². The SMILES string of the molecule is COCCOCOc1c(C(=O)O)cccc1[N+](=O)[O-]. The number of hydrogen-bond donors (Lipinski definition) is 1. The summed E-state index contributed by atoms with van der Waals surface area (Å²) in [4.78, 5) is 21.1. The average Bonchev–Trinajstić information content (AvgIpc) is 2.38. The molecule has 8 heteroatoms. The lowest BCUT2D eigenvalue weighted by molar-refractivity contribution is -0.386. The van der Waals surface area contributed by atoms with E-state index in [1.807, 2.05) is 0 Å². The van der Waals surface area contributed by atoms with Gasteiger partial charge in [-0.1, -0.05) is 6.07 Å². The third kappa shape index (κ3) is 4.19. The van der Waals surface area contributed by atoms with Crippen LogP contribution in [0.2, 0.25) is 0 Å². The molecule has 104 valence electrons. The van der Waals surface area contributed by atoms with Gasteiger partial charge in [0.25, 0.3) is 0 Å². The number of hydrogen-bond acceptors (Lipinski definition) is 6. The first-order valence-corrected chi connectivity index (χ1v) is 5.28. The Morgan fingerprint density at radius 1 is 1.42 bits per heavy atom. The Hall–Kier alpha value is -2.19. The van der Waals surface area contributed by atoms with Crippen molar-refractivity contribution in [2.75, 3.05) is 27.1 Å². The fourth-order valence-electron chi connectivity index (χ4n) is 1.29. The second-order valence-corrected chi connectivity index (χ2v) is 3.38. The van der Waals surface area contributed by atoms with Crippen molar-refractivity contribution in [3.8, 4) is 5.75 Å². The Morgan fingerprint density at radius 2 is 2.16 bits per heavy atom. The largest absolute Gasteiger partial charge is 0.478 e. The second kappa shape index (κ2) is 7.29. The number of nitro groups is 1. The van der Waals surface area contributed by atoms with E-state index in [1.165, 1.54) is 19.2 Å². The van der Waals surface area contributed by atoms with Gasteiger partial charge in [-0.05, 0) is 6.07 Å². The minimum Gasteiger partial charge on any atom is -0.478 e. The molecule has 0 saturated heterocycles. The first-order chi connectivity index (χ1) is 9.07. The maximum Gasteiger partial charge on any atom is 0.339 e. The first-order valence-electron chi connectivity index (χ1n) is 5.28. The summed E-state index contributed by atoms with van der Waals surface area (Å²) in [6.07, 6.45) is 0. The number of nitro benzene ring substituents is 1. The Balaban J connectivity index is 2.83. The molecule has 0 heterocycles. The minimum absolute atomic E-state index is 0.236. The van der Waals surface area contributed by atoms with Gasteiger partial charge in [-0.2, -0.15) is 0 Å². The number of carboxylic acids is 1. The normalized spacial score (nSPS) is 10.2.